The number of benzene rings is 1. The summed E-state index contributed by atoms with van der Waals surface area (Å²) in [6, 6.07) is 10.4. The third-order valence-electron chi connectivity index (χ3n) is 5.24. The van der Waals surface area contributed by atoms with Gasteiger partial charge in [-0.25, -0.2) is 0 Å². The summed E-state index contributed by atoms with van der Waals surface area (Å²) >= 11 is 0. The number of hydrogen-bond acceptors (Lipinski definition) is 3. The minimum atomic E-state index is -0.00592. The molecule has 0 spiro atoms. The lowest BCUT2D eigenvalue weighted by molar-refractivity contribution is -0.141. The fourth-order valence-electron chi connectivity index (χ4n) is 3.67. The molecule has 1 aromatic rings. The van der Waals surface area contributed by atoms with E-state index in [9.17, 15) is 9.59 Å². The van der Waals surface area contributed by atoms with Crippen molar-refractivity contribution in [3.63, 3.8) is 0 Å². The largest absolute Gasteiger partial charge is 0.342 e. The summed E-state index contributed by atoms with van der Waals surface area (Å²) < 4.78 is 0. The van der Waals surface area contributed by atoms with Crippen molar-refractivity contribution in [2.24, 2.45) is 0 Å². The number of carbonyl (C=O) groups is 2. The molecule has 0 bridgehead atoms. The second-order valence-electron chi connectivity index (χ2n) is 7.11. The van der Waals surface area contributed by atoms with Crippen LogP contribution in [0.5, 0.6) is 0 Å². The van der Waals surface area contributed by atoms with Gasteiger partial charge in [0.25, 0.3) is 0 Å². The third kappa shape index (κ3) is 5.30. The Morgan fingerprint density at radius 2 is 1.28 bits per heavy atom. The van der Waals surface area contributed by atoms with E-state index in [2.05, 4.69) is 29.2 Å². The van der Waals surface area contributed by atoms with Crippen molar-refractivity contribution >= 4 is 11.8 Å². The first-order valence-corrected chi connectivity index (χ1v) is 9.54. The van der Waals surface area contributed by atoms with E-state index in [0.717, 1.165) is 58.7 Å². The Labute approximate surface area is 150 Å². The summed E-state index contributed by atoms with van der Waals surface area (Å²) in [6.45, 7) is 5.75. The minimum absolute atomic E-state index is 0.00592. The molecule has 2 heterocycles. The Morgan fingerprint density at radius 3 is 1.88 bits per heavy atom. The molecule has 136 valence electrons. The van der Waals surface area contributed by atoms with Crippen LogP contribution in [-0.2, 0) is 16.1 Å². The first-order valence-electron chi connectivity index (χ1n) is 9.54. The Hall–Kier alpha value is -1.88. The van der Waals surface area contributed by atoms with Gasteiger partial charge in [0.05, 0.1) is 0 Å². The molecule has 2 aliphatic rings. The lowest BCUT2D eigenvalue weighted by atomic mass is 10.2. The van der Waals surface area contributed by atoms with Crippen molar-refractivity contribution in [3.05, 3.63) is 35.9 Å². The second-order valence-corrected chi connectivity index (χ2v) is 7.11. The van der Waals surface area contributed by atoms with Crippen LogP contribution in [0.3, 0.4) is 0 Å². The maximum absolute atomic E-state index is 12.5. The summed E-state index contributed by atoms with van der Waals surface area (Å²) in [5.74, 6) is 0.00669. The molecular weight excluding hydrogens is 314 g/mol. The Morgan fingerprint density at radius 1 is 0.720 bits per heavy atom. The van der Waals surface area contributed by atoms with Crippen LogP contribution in [0, 0.1) is 0 Å². The topological polar surface area (TPSA) is 43.9 Å². The van der Waals surface area contributed by atoms with Crippen molar-refractivity contribution in [1.82, 2.24) is 14.7 Å². The summed E-state index contributed by atoms with van der Waals surface area (Å²) in [4.78, 5) is 31.0. The zero-order valence-electron chi connectivity index (χ0n) is 15.0. The highest BCUT2D eigenvalue weighted by Gasteiger charge is 2.25. The predicted octanol–water partition coefficient (Wildman–Crippen LogP) is 2.12. The Kier molecular flexibility index (Phi) is 6.45. The van der Waals surface area contributed by atoms with E-state index in [-0.39, 0.29) is 18.2 Å². The second kappa shape index (κ2) is 8.99. The van der Waals surface area contributed by atoms with E-state index >= 15 is 0 Å². The first kappa shape index (κ1) is 17.9. The molecule has 3 rings (SSSR count). The van der Waals surface area contributed by atoms with Gasteiger partial charge in [-0.05, 0) is 18.4 Å². The highest BCUT2D eigenvalue weighted by atomic mass is 16.2. The van der Waals surface area contributed by atoms with Crippen LogP contribution in [0.1, 0.15) is 37.7 Å². The molecule has 0 aliphatic carbocycles. The van der Waals surface area contributed by atoms with Crippen LogP contribution in [0.4, 0.5) is 0 Å². The summed E-state index contributed by atoms with van der Waals surface area (Å²) in [5.41, 5.74) is 1.30. The predicted molar refractivity (Wildman–Crippen MR) is 98.0 cm³/mol. The van der Waals surface area contributed by atoms with Crippen molar-refractivity contribution in [3.8, 4) is 0 Å². The van der Waals surface area contributed by atoms with Gasteiger partial charge in [0.1, 0.15) is 6.42 Å². The van der Waals surface area contributed by atoms with E-state index in [1.807, 2.05) is 15.9 Å². The standard InChI is InChI=1S/C20H29N3O2/c24-19(22-10-6-1-2-7-11-22)16-20(25)23-14-12-21(13-15-23)17-18-8-4-3-5-9-18/h3-5,8-9H,1-2,6-7,10-17H2. The summed E-state index contributed by atoms with van der Waals surface area (Å²) in [5, 5.41) is 0. The summed E-state index contributed by atoms with van der Waals surface area (Å²) in [6.07, 6.45) is 4.57. The quantitative estimate of drug-likeness (QED) is 0.787. The van der Waals surface area contributed by atoms with Crippen LogP contribution in [0.15, 0.2) is 30.3 Å². The number of rotatable bonds is 4. The molecule has 0 saturated carbocycles. The average Bonchev–Trinajstić information content (AvgIpc) is 2.92. The van der Waals surface area contributed by atoms with Gasteiger partial charge in [-0.15, -0.1) is 0 Å². The van der Waals surface area contributed by atoms with Gasteiger partial charge in [-0.3, -0.25) is 14.5 Å². The molecule has 0 N–H and O–H groups in total. The Balaban J connectivity index is 1.42. The van der Waals surface area contributed by atoms with Crippen LogP contribution in [0.25, 0.3) is 0 Å². The zero-order chi connectivity index (χ0) is 17.5. The van der Waals surface area contributed by atoms with E-state index in [1.54, 1.807) is 0 Å². The molecule has 0 atom stereocenters. The molecule has 5 heteroatoms. The van der Waals surface area contributed by atoms with Gasteiger partial charge in [0.15, 0.2) is 0 Å². The number of amides is 2. The van der Waals surface area contributed by atoms with Crippen LogP contribution in [0.2, 0.25) is 0 Å². The number of hydrogen-bond donors (Lipinski definition) is 0. The molecule has 5 nitrogen and oxygen atoms in total. The van der Waals surface area contributed by atoms with Gasteiger partial charge in [0.2, 0.25) is 11.8 Å². The van der Waals surface area contributed by atoms with Gasteiger partial charge >= 0.3 is 0 Å². The zero-order valence-corrected chi connectivity index (χ0v) is 15.0. The SMILES string of the molecule is O=C(CC(=O)N1CCN(Cc2ccccc2)CC1)N1CCCCCC1. The highest BCUT2D eigenvalue weighted by molar-refractivity contribution is 5.97. The number of nitrogens with zero attached hydrogens (tertiary/aromatic N) is 3. The molecule has 0 radical (unpaired) electrons. The monoisotopic (exact) mass is 343 g/mol. The normalized spacial score (nSPS) is 19.5. The summed E-state index contributed by atoms with van der Waals surface area (Å²) in [7, 11) is 0. The smallest absolute Gasteiger partial charge is 0.232 e. The maximum atomic E-state index is 12.5. The van der Waals surface area contributed by atoms with E-state index in [4.69, 9.17) is 0 Å². The first-order chi connectivity index (χ1) is 12.2. The van der Waals surface area contributed by atoms with E-state index in [0.29, 0.717) is 0 Å². The van der Waals surface area contributed by atoms with E-state index < -0.39 is 0 Å². The van der Waals surface area contributed by atoms with Gasteiger partial charge < -0.3 is 9.80 Å². The number of likely N-dealkylation sites (tertiary alicyclic amines) is 1. The molecule has 0 unspecified atom stereocenters. The average molecular weight is 343 g/mol. The molecule has 2 amide bonds. The fourth-order valence-corrected chi connectivity index (χ4v) is 3.67. The van der Waals surface area contributed by atoms with Crippen molar-refractivity contribution in [1.29, 1.82) is 0 Å². The molecule has 0 aromatic heterocycles. The number of piperazine rings is 1. The molecular formula is C20H29N3O2. The van der Waals surface area contributed by atoms with Gasteiger partial charge in [-0.1, -0.05) is 43.2 Å². The lowest BCUT2D eigenvalue weighted by Gasteiger charge is -2.35. The van der Waals surface area contributed by atoms with E-state index in [1.165, 1.54) is 18.4 Å². The maximum Gasteiger partial charge on any atom is 0.232 e. The molecule has 2 saturated heterocycles. The molecule has 25 heavy (non-hydrogen) atoms. The van der Waals surface area contributed by atoms with Crippen LogP contribution in [-0.4, -0.2) is 65.8 Å². The lowest BCUT2D eigenvalue weighted by Crippen LogP contribution is -2.49. The fraction of sp³-hybridized carbons (Fsp3) is 0.600. The third-order valence-corrected chi connectivity index (χ3v) is 5.24. The van der Waals surface area contributed by atoms with Crippen LogP contribution >= 0.6 is 0 Å². The van der Waals surface area contributed by atoms with Crippen molar-refractivity contribution < 1.29 is 9.59 Å². The molecule has 1 aromatic carbocycles. The number of carbonyl (C=O) groups excluding carboxylic acids is 2. The van der Waals surface area contributed by atoms with Crippen molar-refractivity contribution in [2.45, 2.75) is 38.6 Å². The van der Waals surface area contributed by atoms with Gasteiger partial charge in [0, 0.05) is 45.8 Å². The minimum Gasteiger partial charge on any atom is -0.342 e. The van der Waals surface area contributed by atoms with Crippen molar-refractivity contribution in [2.75, 3.05) is 39.3 Å². The van der Waals surface area contributed by atoms with Gasteiger partial charge in [-0.2, -0.15) is 0 Å². The van der Waals surface area contributed by atoms with Crippen LogP contribution < -0.4 is 0 Å². The molecule has 2 aliphatic heterocycles. The Bertz CT molecular complexity index is 560. The molecule has 2 fully saturated rings. The highest BCUT2D eigenvalue weighted by Crippen LogP contribution is 2.13.